The summed E-state index contributed by atoms with van der Waals surface area (Å²) in [6.45, 7) is 0. The summed E-state index contributed by atoms with van der Waals surface area (Å²) in [4.78, 5) is 11.7. The van der Waals surface area contributed by atoms with Crippen LogP contribution in [0.4, 0.5) is 0 Å². The van der Waals surface area contributed by atoms with Crippen LogP contribution in [0.3, 0.4) is 0 Å². The molecule has 82 valence electrons. The number of rotatable bonds is 1. The SMILES string of the molecule is COc1ccc2c3c(c(=O)oc2c1)CCC3. The highest BCUT2D eigenvalue weighted by atomic mass is 16.5. The van der Waals surface area contributed by atoms with Gasteiger partial charge in [0.1, 0.15) is 11.3 Å². The average molecular weight is 216 g/mol. The van der Waals surface area contributed by atoms with E-state index in [1.54, 1.807) is 13.2 Å². The fourth-order valence-electron chi connectivity index (χ4n) is 2.39. The zero-order valence-corrected chi connectivity index (χ0v) is 9.08. The molecule has 2 aromatic rings. The molecule has 3 rings (SSSR count). The summed E-state index contributed by atoms with van der Waals surface area (Å²) in [6, 6.07) is 5.65. The second-order valence-electron chi connectivity index (χ2n) is 4.06. The summed E-state index contributed by atoms with van der Waals surface area (Å²) >= 11 is 0. The van der Waals surface area contributed by atoms with Crippen molar-refractivity contribution in [1.29, 1.82) is 0 Å². The Morgan fingerprint density at radius 1 is 1.25 bits per heavy atom. The van der Waals surface area contributed by atoms with Crippen LogP contribution in [-0.4, -0.2) is 7.11 Å². The van der Waals surface area contributed by atoms with E-state index in [9.17, 15) is 4.79 Å². The van der Waals surface area contributed by atoms with E-state index in [-0.39, 0.29) is 5.63 Å². The first-order valence-corrected chi connectivity index (χ1v) is 5.42. The zero-order chi connectivity index (χ0) is 11.1. The average Bonchev–Trinajstić information content (AvgIpc) is 2.78. The molecule has 3 heteroatoms. The predicted octanol–water partition coefficient (Wildman–Crippen LogP) is 2.29. The van der Waals surface area contributed by atoms with E-state index in [2.05, 4.69) is 0 Å². The first kappa shape index (κ1) is 9.46. The van der Waals surface area contributed by atoms with Crippen molar-refractivity contribution < 1.29 is 9.15 Å². The van der Waals surface area contributed by atoms with Crippen molar-refractivity contribution in [1.82, 2.24) is 0 Å². The topological polar surface area (TPSA) is 39.4 Å². The highest BCUT2D eigenvalue weighted by Crippen LogP contribution is 2.29. The first-order chi connectivity index (χ1) is 7.79. The summed E-state index contributed by atoms with van der Waals surface area (Å²) in [7, 11) is 1.60. The van der Waals surface area contributed by atoms with Crippen LogP contribution in [0.15, 0.2) is 27.4 Å². The van der Waals surface area contributed by atoms with E-state index in [0.29, 0.717) is 11.3 Å². The van der Waals surface area contributed by atoms with Crippen LogP contribution in [0.2, 0.25) is 0 Å². The lowest BCUT2D eigenvalue weighted by atomic mass is 10.1. The maximum atomic E-state index is 11.7. The molecule has 16 heavy (non-hydrogen) atoms. The Hall–Kier alpha value is -1.77. The minimum atomic E-state index is -0.187. The summed E-state index contributed by atoms with van der Waals surface area (Å²) in [5, 5.41) is 1.05. The fraction of sp³-hybridized carbons (Fsp3) is 0.308. The van der Waals surface area contributed by atoms with Crippen LogP contribution in [-0.2, 0) is 12.8 Å². The molecule has 1 aromatic carbocycles. The standard InChI is InChI=1S/C13H12O3/c1-15-8-5-6-10-9-3-2-4-11(9)13(14)16-12(10)7-8/h5-7H,2-4H2,1H3. The minimum absolute atomic E-state index is 0.187. The van der Waals surface area contributed by atoms with Gasteiger partial charge in [0.15, 0.2) is 0 Å². The van der Waals surface area contributed by atoms with Crippen LogP contribution in [0.5, 0.6) is 5.75 Å². The maximum Gasteiger partial charge on any atom is 0.339 e. The van der Waals surface area contributed by atoms with Crippen LogP contribution < -0.4 is 10.4 Å². The predicted molar refractivity (Wildman–Crippen MR) is 61.1 cm³/mol. The lowest BCUT2D eigenvalue weighted by Crippen LogP contribution is -2.06. The summed E-state index contributed by atoms with van der Waals surface area (Å²) < 4.78 is 10.4. The molecule has 1 aromatic heterocycles. The van der Waals surface area contributed by atoms with Crippen molar-refractivity contribution in [3.63, 3.8) is 0 Å². The van der Waals surface area contributed by atoms with Crippen LogP contribution in [0.25, 0.3) is 11.0 Å². The molecule has 0 amide bonds. The number of hydrogen-bond acceptors (Lipinski definition) is 3. The summed E-state index contributed by atoms with van der Waals surface area (Å²) in [5.41, 5.74) is 2.46. The quantitative estimate of drug-likeness (QED) is 0.686. The van der Waals surface area contributed by atoms with Crippen molar-refractivity contribution in [3.8, 4) is 5.75 Å². The summed E-state index contributed by atoms with van der Waals surface area (Å²) in [5.74, 6) is 0.716. The Kier molecular flexibility index (Phi) is 1.99. The number of fused-ring (bicyclic) bond motifs is 3. The molecular formula is C13H12O3. The lowest BCUT2D eigenvalue weighted by Gasteiger charge is -2.05. The van der Waals surface area contributed by atoms with Crippen molar-refractivity contribution in [2.24, 2.45) is 0 Å². The van der Waals surface area contributed by atoms with Gasteiger partial charge < -0.3 is 9.15 Å². The third kappa shape index (κ3) is 1.24. The molecule has 0 atom stereocenters. The molecule has 0 saturated carbocycles. The van der Waals surface area contributed by atoms with Gasteiger partial charge in [0, 0.05) is 17.0 Å². The van der Waals surface area contributed by atoms with Gasteiger partial charge >= 0.3 is 5.63 Å². The van der Waals surface area contributed by atoms with Gasteiger partial charge in [-0.15, -0.1) is 0 Å². The van der Waals surface area contributed by atoms with E-state index >= 15 is 0 Å². The zero-order valence-electron chi connectivity index (χ0n) is 9.08. The Balaban J connectivity index is 2.38. The highest BCUT2D eigenvalue weighted by Gasteiger charge is 2.19. The van der Waals surface area contributed by atoms with Gasteiger partial charge in [-0.1, -0.05) is 0 Å². The number of ether oxygens (including phenoxy) is 1. The Morgan fingerprint density at radius 2 is 2.06 bits per heavy atom. The van der Waals surface area contributed by atoms with Crippen molar-refractivity contribution in [2.75, 3.05) is 7.11 Å². The molecule has 1 aliphatic rings. The van der Waals surface area contributed by atoms with E-state index in [1.807, 2.05) is 12.1 Å². The first-order valence-electron chi connectivity index (χ1n) is 5.42. The van der Waals surface area contributed by atoms with E-state index in [1.165, 1.54) is 0 Å². The molecule has 0 N–H and O–H groups in total. The number of benzene rings is 1. The second-order valence-corrected chi connectivity index (χ2v) is 4.06. The molecule has 3 nitrogen and oxygen atoms in total. The van der Waals surface area contributed by atoms with Gasteiger partial charge in [-0.25, -0.2) is 4.79 Å². The van der Waals surface area contributed by atoms with E-state index < -0.39 is 0 Å². The molecule has 0 saturated heterocycles. The third-order valence-corrected chi connectivity index (χ3v) is 3.18. The molecule has 1 aliphatic carbocycles. The van der Waals surface area contributed by atoms with Crippen molar-refractivity contribution in [2.45, 2.75) is 19.3 Å². The Morgan fingerprint density at radius 3 is 2.88 bits per heavy atom. The minimum Gasteiger partial charge on any atom is -0.497 e. The lowest BCUT2D eigenvalue weighted by molar-refractivity contribution is 0.414. The normalized spacial score (nSPS) is 14.1. The van der Waals surface area contributed by atoms with Gasteiger partial charge in [0.2, 0.25) is 0 Å². The van der Waals surface area contributed by atoms with Crippen LogP contribution in [0, 0.1) is 0 Å². The van der Waals surface area contributed by atoms with Gasteiger partial charge in [0.25, 0.3) is 0 Å². The smallest absolute Gasteiger partial charge is 0.339 e. The fourth-order valence-corrected chi connectivity index (χ4v) is 2.39. The summed E-state index contributed by atoms with van der Waals surface area (Å²) in [6.07, 6.45) is 2.87. The molecule has 0 fully saturated rings. The van der Waals surface area contributed by atoms with Gasteiger partial charge in [-0.2, -0.15) is 0 Å². The molecule has 0 unspecified atom stereocenters. The van der Waals surface area contributed by atoms with Crippen molar-refractivity contribution >= 4 is 11.0 Å². The van der Waals surface area contributed by atoms with Crippen molar-refractivity contribution in [3.05, 3.63) is 39.7 Å². The molecule has 0 aliphatic heterocycles. The largest absolute Gasteiger partial charge is 0.497 e. The molecule has 0 spiro atoms. The maximum absolute atomic E-state index is 11.7. The second kappa shape index (κ2) is 3.37. The molecular weight excluding hydrogens is 204 g/mol. The number of hydrogen-bond donors (Lipinski definition) is 0. The number of methoxy groups -OCH3 is 1. The highest BCUT2D eigenvalue weighted by molar-refractivity contribution is 5.83. The van der Waals surface area contributed by atoms with Crippen LogP contribution >= 0.6 is 0 Å². The monoisotopic (exact) mass is 216 g/mol. The molecule has 1 heterocycles. The van der Waals surface area contributed by atoms with E-state index in [0.717, 1.165) is 35.8 Å². The van der Waals surface area contributed by atoms with Gasteiger partial charge in [0.05, 0.1) is 7.11 Å². The van der Waals surface area contributed by atoms with Crippen LogP contribution in [0.1, 0.15) is 17.5 Å². The molecule has 0 radical (unpaired) electrons. The Bertz CT molecular complexity index is 610. The van der Waals surface area contributed by atoms with Gasteiger partial charge in [-0.05, 0) is 37.0 Å². The van der Waals surface area contributed by atoms with E-state index in [4.69, 9.17) is 9.15 Å². The van der Waals surface area contributed by atoms with Gasteiger partial charge in [-0.3, -0.25) is 0 Å². The third-order valence-electron chi connectivity index (χ3n) is 3.18. The Labute approximate surface area is 92.6 Å². The number of aryl methyl sites for hydroxylation is 1. The molecule has 0 bridgehead atoms.